The van der Waals surface area contributed by atoms with Crippen LogP contribution in [0.4, 0.5) is 5.69 Å². The van der Waals surface area contributed by atoms with Crippen LogP contribution in [-0.2, 0) is 6.42 Å². The van der Waals surface area contributed by atoms with Crippen LogP contribution in [0, 0.1) is 17.0 Å². The number of hydrogen-bond donors (Lipinski definition) is 1. The minimum absolute atomic E-state index is 0.0154. The van der Waals surface area contributed by atoms with Gasteiger partial charge in [-0.05, 0) is 43.5 Å². The first-order valence-corrected chi connectivity index (χ1v) is 7.04. The lowest BCUT2D eigenvalue weighted by Crippen LogP contribution is -2.31. The van der Waals surface area contributed by atoms with E-state index in [1.54, 1.807) is 12.1 Å². The van der Waals surface area contributed by atoms with Crippen LogP contribution in [0.2, 0.25) is 5.02 Å². The highest BCUT2D eigenvalue weighted by molar-refractivity contribution is 6.32. The molecule has 5 heteroatoms. The summed E-state index contributed by atoms with van der Waals surface area (Å²) in [4.78, 5) is 10.4. The van der Waals surface area contributed by atoms with E-state index in [4.69, 9.17) is 11.6 Å². The molecule has 1 atom stereocenters. The van der Waals surface area contributed by atoms with E-state index in [-0.39, 0.29) is 10.7 Å². The van der Waals surface area contributed by atoms with E-state index in [0.717, 1.165) is 36.9 Å². The number of nitrogens with one attached hydrogen (secondary N) is 1. The van der Waals surface area contributed by atoms with Gasteiger partial charge in [0, 0.05) is 12.1 Å². The summed E-state index contributed by atoms with van der Waals surface area (Å²) in [6.07, 6.45) is 3.05. The van der Waals surface area contributed by atoms with Crippen molar-refractivity contribution in [1.82, 2.24) is 5.32 Å². The fourth-order valence-corrected chi connectivity index (χ4v) is 2.50. The topological polar surface area (TPSA) is 55.2 Å². The first-order valence-electron chi connectivity index (χ1n) is 6.66. The van der Waals surface area contributed by atoms with Crippen LogP contribution in [0.15, 0.2) is 12.1 Å². The molecule has 1 N–H and O–H groups in total. The van der Waals surface area contributed by atoms with Gasteiger partial charge < -0.3 is 5.32 Å². The lowest BCUT2D eigenvalue weighted by atomic mass is 9.98. The van der Waals surface area contributed by atoms with Gasteiger partial charge in [0.1, 0.15) is 5.02 Å². The molecule has 0 radical (unpaired) electrons. The number of benzene rings is 1. The molecular weight excluding hydrogens is 264 g/mol. The number of halogens is 1. The number of rotatable bonds is 7. The Labute approximate surface area is 119 Å². The minimum atomic E-state index is -0.438. The average Bonchev–Trinajstić information content (AvgIpc) is 2.33. The van der Waals surface area contributed by atoms with E-state index in [0.29, 0.717) is 6.04 Å². The van der Waals surface area contributed by atoms with E-state index in [1.807, 2.05) is 6.92 Å². The van der Waals surface area contributed by atoms with Gasteiger partial charge in [-0.3, -0.25) is 10.1 Å². The maximum Gasteiger partial charge on any atom is 0.288 e. The predicted molar refractivity (Wildman–Crippen MR) is 78.9 cm³/mol. The van der Waals surface area contributed by atoms with Crippen molar-refractivity contribution in [2.45, 2.75) is 46.1 Å². The molecule has 1 unspecified atom stereocenters. The van der Waals surface area contributed by atoms with E-state index < -0.39 is 4.92 Å². The summed E-state index contributed by atoms with van der Waals surface area (Å²) in [7, 11) is 0. The molecule has 0 fully saturated rings. The lowest BCUT2D eigenvalue weighted by Gasteiger charge is -2.18. The zero-order chi connectivity index (χ0) is 14.4. The van der Waals surface area contributed by atoms with E-state index in [1.165, 1.54) is 0 Å². The largest absolute Gasteiger partial charge is 0.314 e. The Morgan fingerprint density at radius 2 is 2.11 bits per heavy atom. The predicted octanol–water partition coefficient (Wildman–Crippen LogP) is 3.88. The monoisotopic (exact) mass is 284 g/mol. The Hall–Kier alpha value is -1.13. The van der Waals surface area contributed by atoms with Crippen LogP contribution in [0.1, 0.15) is 37.8 Å². The van der Waals surface area contributed by atoms with Crippen molar-refractivity contribution < 1.29 is 4.92 Å². The van der Waals surface area contributed by atoms with E-state index in [2.05, 4.69) is 19.2 Å². The Morgan fingerprint density at radius 1 is 1.42 bits per heavy atom. The fourth-order valence-electron chi connectivity index (χ4n) is 2.25. The van der Waals surface area contributed by atoms with Gasteiger partial charge in [0.15, 0.2) is 0 Å². The number of hydrogen-bond acceptors (Lipinski definition) is 3. The third-order valence-corrected chi connectivity index (χ3v) is 3.50. The van der Waals surface area contributed by atoms with Gasteiger partial charge in [0.25, 0.3) is 5.69 Å². The Kier molecular flexibility index (Phi) is 6.25. The van der Waals surface area contributed by atoms with Crippen LogP contribution in [0.25, 0.3) is 0 Å². The van der Waals surface area contributed by atoms with Crippen molar-refractivity contribution in [2.24, 2.45) is 0 Å². The van der Waals surface area contributed by atoms with Crippen molar-refractivity contribution in [3.05, 3.63) is 38.4 Å². The molecule has 106 valence electrons. The molecule has 0 aliphatic carbocycles. The zero-order valence-electron chi connectivity index (χ0n) is 11.7. The van der Waals surface area contributed by atoms with Gasteiger partial charge in [-0.2, -0.15) is 0 Å². The van der Waals surface area contributed by atoms with Gasteiger partial charge in [-0.25, -0.2) is 0 Å². The van der Waals surface area contributed by atoms with Gasteiger partial charge in [0.05, 0.1) is 4.92 Å². The molecule has 0 aliphatic rings. The molecule has 0 saturated carbocycles. The average molecular weight is 285 g/mol. The highest BCUT2D eigenvalue weighted by atomic mass is 35.5. The molecule has 0 bridgehead atoms. The van der Waals surface area contributed by atoms with Crippen LogP contribution in [0.5, 0.6) is 0 Å². The van der Waals surface area contributed by atoms with Crippen LogP contribution in [0.3, 0.4) is 0 Å². The molecule has 1 aromatic carbocycles. The van der Waals surface area contributed by atoms with E-state index in [9.17, 15) is 10.1 Å². The Morgan fingerprint density at radius 3 is 2.63 bits per heavy atom. The summed E-state index contributed by atoms with van der Waals surface area (Å²) in [5, 5.41) is 14.5. The van der Waals surface area contributed by atoms with Crippen molar-refractivity contribution in [2.75, 3.05) is 6.54 Å². The molecule has 0 aromatic heterocycles. The van der Waals surface area contributed by atoms with Crippen LogP contribution >= 0.6 is 11.6 Å². The number of nitro benzene ring substituents is 1. The van der Waals surface area contributed by atoms with Crippen LogP contribution < -0.4 is 5.32 Å². The second-order valence-corrected chi connectivity index (χ2v) is 5.14. The summed E-state index contributed by atoms with van der Waals surface area (Å²) in [6.45, 7) is 7.05. The SMILES string of the molecule is CCCC(Cc1cc(Cl)c([N+](=O)[O-])cc1C)NCC. The van der Waals surface area contributed by atoms with Crippen molar-refractivity contribution in [3.63, 3.8) is 0 Å². The highest BCUT2D eigenvalue weighted by Crippen LogP contribution is 2.28. The molecule has 1 rings (SSSR count). The normalized spacial score (nSPS) is 12.4. The standard InChI is InChI=1S/C14H21ClN2O2/c1-4-6-12(16-5-2)8-11-9-13(15)14(17(18)19)7-10(11)3/h7,9,12,16H,4-6,8H2,1-3H3. The Bertz CT molecular complexity index is 443. The summed E-state index contributed by atoms with van der Waals surface area (Å²) >= 11 is 5.97. The third-order valence-electron chi connectivity index (χ3n) is 3.20. The smallest absolute Gasteiger partial charge is 0.288 e. The molecule has 0 saturated heterocycles. The molecule has 1 aromatic rings. The second kappa shape index (κ2) is 7.46. The number of nitrogens with zero attached hydrogens (tertiary/aromatic N) is 1. The maximum absolute atomic E-state index is 10.8. The molecule has 4 nitrogen and oxygen atoms in total. The summed E-state index contributed by atoms with van der Waals surface area (Å²) in [5.41, 5.74) is 1.99. The van der Waals surface area contributed by atoms with Gasteiger partial charge >= 0.3 is 0 Å². The number of likely N-dealkylation sites (N-methyl/N-ethyl adjacent to an activating group) is 1. The quantitative estimate of drug-likeness (QED) is 0.611. The first kappa shape index (κ1) is 15.9. The summed E-state index contributed by atoms with van der Waals surface area (Å²) < 4.78 is 0. The minimum Gasteiger partial charge on any atom is -0.314 e. The van der Waals surface area contributed by atoms with Gasteiger partial charge in [0.2, 0.25) is 0 Å². The summed E-state index contributed by atoms with van der Waals surface area (Å²) in [6, 6.07) is 3.69. The second-order valence-electron chi connectivity index (χ2n) is 4.73. The zero-order valence-corrected chi connectivity index (χ0v) is 12.5. The summed E-state index contributed by atoms with van der Waals surface area (Å²) in [5.74, 6) is 0. The molecule has 0 spiro atoms. The molecular formula is C14H21ClN2O2. The number of aryl methyl sites for hydroxylation is 1. The molecule has 19 heavy (non-hydrogen) atoms. The van der Waals surface area contributed by atoms with E-state index >= 15 is 0 Å². The van der Waals surface area contributed by atoms with Gasteiger partial charge in [-0.1, -0.05) is 31.9 Å². The number of nitro groups is 1. The lowest BCUT2D eigenvalue weighted by molar-refractivity contribution is -0.384. The Balaban J connectivity index is 2.94. The van der Waals surface area contributed by atoms with Crippen molar-refractivity contribution in [3.8, 4) is 0 Å². The van der Waals surface area contributed by atoms with Gasteiger partial charge in [-0.15, -0.1) is 0 Å². The molecule has 0 aliphatic heterocycles. The maximum atomic E-state index is 10.8. The van der Waals surface area contributed by atoms with Crippen molar-refractivity contribution >= 4 is 17.3 Å². The first-order chi connectivity index (χ1) is 8.99. The van der Waals surface area contributed by atoms with Crippen LogP contribution in [-0.4, -0.2) is 17.5 Å². The highest BCUT2D eigenvalue weighted by Gasteiger charge is 2.17. The molecule has 0 heterocycles. The molecule has 0 amide bonds. The van der Waals surface area contributed by atoms with Crippen molar-refractivity contribution in [1.29, 1.82) is 0 Å². The third kappa shape index (κ3) is 4.48. The fraction of sp³-hybridized carbons (Fsp3) is 0.571.